The molecule has 1 amide bonds. The number of likely N-dealkylation sites (tertiary alicyclic amines) is 1. The quantitative estimate of drug-likeness (QED) is 0.360. The van der Waals surface area contributed by atoms with Crippen molar-refractivity contribution in [3.8, 4) is 5.69 Å². The smallest absolute Gasteiger partial charge is 0.226 e. The topological polar surface area (TPSA) is 41.4 Å². The molecule has 2 heterocycles. The average Bonchev–Trinajstić information content (AvgIpc) is 3.44. The third-order valence-corrected chi connectivity index (χ3v) is 9.02. The zero-order valence-electron chi connectivity index (χ0n) is 22.7. The van der Waals surface area contributed by atoms with E-state index < -0.39 is 23.4 Å². The van der Waals surface area contributed by atoms with Gasteiger partial charge in [0.2, 0.25) is 5.91 Å². The number of carbonyl (C=O) groups is 1. The fourth-order valence-electron chi connectivity index (χ4n) is 6.36. The maximum absolute atomic E-state index is 14.9. The predicted molar refractivity (Wildman–Crippen MR) is 146 cm³/mol. The van der Waals surface area contributed by atoms with E-state index in [9.17, 15) is 18.0 Å². The van der Waals surface area contributed by atoms with Gasteiger partial charge in [-0.3, -0.25) is 4.79 Å². The third kappa shape index (κ3) is 5.33. The number of hydrogen-bond acceptors (Lipinski definition) is 3. The fraction of sp³-hybridized carbons (Fsp3) is 0.467. The molecule has 2 fully saturated rings. The van der Waals surface area contributed by atoms with Gasteiger partial charge in [-0.1, -0.05) is 17.7 Å². The third-order valence-electron chi connectivity index (χ3n) is 8.79. The van der Waals surface area contributed by atoms with Crippen LogP contribution in [0.1, 0.15) is 61.4 Å². The minimum Gasteiger partial charge on any atom is -0.342 e. The van der Waals surface area contributed by atoms with E-state index in [2.05, 4.69) is 16.9 Å². The van der Waals surface area contributed by atoms with Crippen molar-refractivity contribution in [2.75, 3.05) is 27.2 Å². The molecular formula is C30H34ClF3N4O. The number of rotatable bonds is 5. The highest BCUT2D eigenvalue weighted by Crippen LogP contribution is 2.49. The van der Waals surface area contributed by atoms with Crippen LogP contribution in [0.3, 0.4) is 0 Å². The summed E-state index contributed by atoms with van der Waals surface area (Å²) in [7, 11) is 3.95. The summed E-state index contributed by atoms with van der Waals surface area (Å²) in [4.78, 5) is 17.9. The average molecular weight is 559 g/mol. The Balaban J connectivity index is 1.35. The van der Waals surface area contributed by atoms with E-state index in [0.717, 1.165) is 17.5 Å². The number of piperidine rings is 1. The molecule has 5 nitrogen and oxygen atoms in total. The van der Waals surface area contributed by atoms with Crippen LogP contribution in [0, 0.1) is 30.3 Å². The van der Waals surface area contributed by atoms with Crippen molar-refractivity contribution in [2.24, 2.45) is 5.92 Å². The van der Waals surface area contributed by atoms with Crippen LogP contribution in [0.5, 0.6) is 0 Å². The van der Waals surface area contributed by atoms with Gasteiger partial charge in [-0.25, -0.2) is 17.9 Å². The van der Waals surface area contributed by atoms with Crippen LogP contribution in [0.15, 0.2) is 42.5 Å². The molecule has 3 atom stereocenters. The first-order chi connectivity index (χ1) is 18.5. The van der Waals surface area contributed by atoms with Crippen molar-refractivity contribution in [2.45, 2.75) is 56.9 Å². The van der Waals surface area contributed by atoms with E-state index in [0.29, 0.717) is 55.0 Å². The molecule has 0 bridgehead atoms. The lowest BCUT2D eigenvalue weighted by molar-refractivity contribution is -0.137. The molecule has 0 N–H and O–H groups in total. The Morgan fingerprint density at radius 2 is 1.74 bits per heavy atom. The molecule has 3 aromatic rings. The molecule has 0 spiro atoms. The van der Waals surface area contributed by atoms with Crippen molar-refractivity contribution >= 4 is 17.5 Å². The molecule has 1 aliphatic heterocycles. The van der Waals surface area contributed by atoms with Gasteiger partial charge in [0.05, 0.1) is 5.69 Å². The van der Waals surface area contributed by atoms with Crippen LogP contribution in [0.4, 0.5) is 13.2 Å². The lowest BCUT2D eigenvalue weighted by Gasteiger charge is -2.35. The van der Waals surface area contributed by atoms with Gasteiger partial charge in [0.1, 0.15) is 23.1 Å². The molecule has 1 saturated carbocycles. The second-order valence-corrected chi connectivity index (χ2v) is 11.9. The molecule has 1 aliphatic carbocycles. The van der Waals surface area contributed by atoms with Gasteiger partial charge in [0.15, 0.2) is 0 Å². The van der Waals surface area contributed by atoms with Gasteiger partial charge in [0.25, 0.3) is 0 Å². The van der Waals surface area contributed by atoms with Gasteiger partial charge >= 0.3 is 0 Å². The van der Waals surface area contributed by atoms with Crippen LogP contribution in [0.2, 0.25) is 5.02 Å². The molecule has 2 aromatic carbocycles. The molecule has 5 rings (SSSR count). The Labute approximate surface area is 232 Å². The van der Waals surface area contributed by atoms with Crippen LogP contribution in [-0.4, -0.2) is 58.2 Å². The lowest BCUT2D eigenvalue weighted by atomic mass is 9.86. The normalized spacial score (nSPS) is 24.1. The zero-order chi connectivity index (χ0) is 28.1. The van der Waals surface area contributed by atoms with Crippen molar-refractivity contribution < 1.29 is 18.0 Å². The summed E-state index contributed by atoms with van der Waals surface area (Å²) < 4.78 is 44.9. The summed E-state index contributed by atoms with van der Waals surface area (Å²) in [6, 6.07) is 10.2. The van der Waals surface area contributed by atoms with Gasteiger partial charge in [0, 0.05) is 53.2 Å². The number of amides is 1. The van der Waals surface area contributed by atoms with Crippen molar-refractivity contribution in [1.29, 1.82) is 0 Å². The van der Waals surface area contributed by atoms with Crippen LogP contribution in [-0.2, 0) is 4.79 Å². The van der Waals surface area contributed by atoms with Gasteiger partial charge in [-0.05, 0) is 89.5 Å². The number of aromatic nitrogens is 2. The van der Waals surface area contributed by atoms with E-state index in [1.54, 1.807) is 16.8 Å². The van der Waals surface area contributed by atoms with Crippen LogP contribution < -0.4 is 0 Å². The van der Waals surface area contributed by atoms with Gasteiger partial charge < -0.3 is 9.80 Å². The van der Waals surface area contributed by atoms with E-state index in [1.807, 2.05) is 32.0 Å². The summed E-state index contributed by atoms with van der Waals surface area (Å²) in [5, 5.41) is 4.86. The summed E-state index contributed by atoms with van der Waals surface area (Å²) >= 11 is 5.95. The Morgan fingerprint density at radius 3 is 2.38 bits per heavy atom. The summed E-state index contributed by atoms with van der Waals surface area (Å²) in [5.74, 6) is -2.28. The SMILES string of the molecule is Cc1cc(C2CCN(C(=O)C3CC(C)(N(C)C)CC3c3ccc(F)cc3F)CC2)n(-c2ccc(Cl)cc2F)n1. The second kappa shape index (κ2) is 10.6. The molecule has 208 valence electrons. The number of benzene rings is 2. The maximum atomic E-state index is 14.9. The molecule has 1 aromatic heterocycles. The Hall–Kier alpha value is -2.84. The highest BCUT2D eigenvalue weighted by molar-refractivity contribution is 6.30. The molecule has 39 heavy (non-hydrogen) atoms. The molecule has 2 aliphatic rings. The summed E-state index contributed by atoms with van der Waals surface area (Å²) in [6.45, 7) is 5.07. The Morgan fingerprint density at radius 1 is 1.03 bits per heavy atom. The maximum Gasteiger partial charge on any atom is 0.226 e. The van der Waals surface area contributed by atoms with Gasteiger partial charge in [-0.15, -0.1) is 0 Å². The second-order valence-electron chi connectivity index (χ2n) is 11.5. The van der Waals surface area contributed by atoms with E-state index in [-0.39, 0.29) is 23.3 Å². The first kappa shape index (κ1) is 27.7. The first-order valence-electron chi connectivity index (χ1n) is 13.4. The van der Waals surface area contributed by atoms with Crippen molar-refractivity contribution in [3.05, 3.63) is 81.9 Å². The molecular weight excluding hydrogens is 525 g/mol. The highest BCUT2D eigenvalue weighted by Gasteiger charge is 2.49. The van der Waals surface area contributed by atoms with Crippen LogP contribution in [0.25, 0.3) is 5.69 Å². The van der Waals surface area contributed by atoms with E-state index in [4.69, 9.17) is 11.6 Å². The minimum atomic E-state index is -0.623. The van der Waals surface area contributed by atoms with Crippen molar-refractivity contribution in [3.63, 3.8) is 0 Å². The van der Waals surface area contributed by atoms with E-state index in [1.165, 1.54) is 18.2 Å². The Bertz CT molecular complexity index is 1380. The molecule has 1 saturated heterocycles. The summed E-state index contributed by atoms with van der Waals surface area (Å²) in [6.07, 6.45) is 2.63. The number of carbonyl (C=O) groups excluding carboxylic acids is 1. The molecule has 9 heteroatoms. The summed E-state index contributed by atoms with van der Waals surface area (Å²) in [5.41, 5.74) is 2.17. The number of nitrogens with zero attached hydrogens (tertiary/aromatic N) is 4. The standard InChI is InChI=1S/C30H34ClF3N4O/c1-18-13-28(38(35-18)27-8-5-20(31)14-26(27)34)19-9-11-37(12-10-19)29(39)24-17-30(2,36(3)4)16-23(24)22-7-6-21(32)15-25(22)33/h5-8,13-15,19,23-24H,9-12,16-17H2,1-4H3. The number of halogens is 4. The number of aryl methyl sites for hydroxylation is 1. The van der Waals surface area contributed by atoms with E-state index >= 15 is 0 Å². The van der Waals surface area contributed by atoms with Crippen molar-refractivity contribution in [1.82, 2.24) is 19.6 Å². The lowest BCUT2D eigenvalue weighted by Crippen LogP contribution is -2.43. The minimum absolute atomic E-state index is 0.0150. The van der Waals surface area contributed by atoms with Crippen LogP contribution >= 0.6 is 11.6 Å². The number of hydrogen-bond donors (Lipinski definition) is 0. The molecule has 3 unspecified atom stereocenters. The Kier molecular flexibility index (Phi) is 7.55. The monoisotopic (exact) mass is 558 g/mol. The molecule has 0 radical (unpaired) electrons. The predicted octanol–water partition coefficient (Wildman–Crippen LogP) is 6.47. The van der Waals surface area contributed by atoms with Gasteiger partial charge in [-0.2, -0.15) is 5.10 Å². The zero-order valence-corrected chi connectivity index (χ0v) is 23.5. The first-order valence-corrected chi connectivity index (χ1v) is 13.8. The highest BCUT2D eigenvalue weighted by atomic mass is 35.5. The largest absolute Gasteiger partial charge is 0.342 e. The fourth-order valence-corrected chi connectivity index (χ4v) is 6.51.